The summed E-state index contributed by atoms with van der Waals surface area (Å²) in [4.78, 5) is 4.21. The summed E-state index contributed by atoms with van der Waals surface area (Å²) < 4.78 is 1.02. The molecule has 100 valence electrons. The Labute approximate surface area is 118 Å². The van der Waals surface area contributed by atoms with Crippen molar-refractivity contribution in [1.82, 2.24) is 10.4 Å². The lowest BCUT2D eigenvalue weighted by molar-refractivity contribution is 0.402. The van der Waals surface area contributed by atoms with Gasteiger partial charge in [0.25, 0.3) is 0 Å². The molecule has 18 heavy (non-hydrogen) atoms. The molecular weight excluding hydrogens is 290 g/mol. The molecule has 0 aliphatic heterocycles. The molecule has 3 N–H and O–H groups in total. The van der Waals surface area contributed by atoms with E-state index in [4.69, 9.17) is 5.84 Å². The summed E-state index contributed by atoms with van der Waals surface area (Å²) in [5.74, 6) is 6.35. The summed E-state index contributed by atoms with van der Waals surface area (Å²) in [7, 11) is 0. The van der Waals surface area contributed by atoms with E-state index in [0.717, 1.165) is 10.9 Å². The number of nitrogens with zero attached hydrogens (tertiary/aromatic N) is 1. The highest BCUT2D eigenvalue weighted by Crippen LogP contribution is 2.69. The number of nitrogens with two attached hydrogens (primary N) is 1. The Bertz CT molecular complexity index is 428. The summed E-state index contributed by atoms with van der Waals surface area (Å²) in [6, 6.07) is 2.41. The Balaban J connectivity index is 2.13. The molecule has 4 heteroatoms. The number of rotatable bonds is 4. The highest BCUT2D eigenvalue weighted by molar-refractivity contribution is 9.10. The monoisotopic (exact) mass is 311 g/mol. The van der Waals surface area contributed by atoms with Gasteiger partial charge >= 0.3 is 0 Å². The maximum absolute atomic E-state index is 5.76. The Morgan fingerprint density at radius 3 is 2.39 bits per heavy atom. The summed E-state index contributed by atoms with van der Waals surface area (Å²) >= 11 is 3.46. The van der Waals surface area contributed by atoms with Crippen LogP contribution in [0.1, 0.15) is 33.3 Å². The minimum atomic E-state index is 0.297. The third-order valence-electron chi connectivity index (χ3n) is 4.97. The van der Waals surface area contributed by atoms with Gasteiger partial charge in [-0.05, 0) is 50.7 Å². The van der Waals surface area contributed by atoms with Gasteiger partial charge in [0.05, 0.1) is 0 Å². The molecule has 3 nitrogen and oxygen atoms in total. The van der Waals surface area contributed by atoms with Crippen molar-refractivity contribution in [2.75, 3.05) is 0 Å². The van der Waals surface area contributed by atoms with E-state index in [-0.39, 0.29) is 0 Å². The lowest BCUT2D eigenvalue weighted by atomic mass is 9.98. The van der Waals surface area contributed by atoms with Gasteiger partial charge in [0.15, 0.2) is 0 Å². The third-order valence-corrected chi connectivity index (χ3v) is 5.40. The zero-order valence-electron chi connectivity index (χ0n) is 11.5. The van der Waals surface area contributed by atoms with E-state index in [1.165, 1.54) is 5.56 Å². The van der Waals surface area contributed by atoms with Gasteiger partial charge in [-0.2, -0.15) is 0 Å². The second-order valence-corrected chi connectivity index (χ2v) is 7.33. The van der Waals surface area contributed by atoms with Crippen LogP contribution < -0.4 is 11.3 Å². The van der Waals surface area contributed by atoms with E-state index >= 15 is 0 Å². The molecule has 1 saturated carbocycles. The molecule has 1 atom stereocenters. The smallest absolute Gasteiger partial charge is 0.0410 e. The Kier molecular flexibility index (Phi) is 3.56. The van der Waals surface area contributed by atoms with Gasteiger partial charge in [-0.25, -0.2) is 0 Å². The number of aromatic nitrogens is 1. The normalized spacial score (nSPS) is 22.8. The quantitative estimate of drug-likeness (QED) is 0.664. The highest BCUT2D eigenvalue weighted by atomic mass is 79.9. The van der Waals surface area contributed by atoms with Gasteiger partial charge in [-0.3, -0.25) is 16.3 Å². The van der Waals surface area contributed by atoms with Crippen molar-refractivity contribution in [1.29, 1.82) is 0 Å². The zero-order valence-corrected chi connectivity index (χ0v) is 13.1. The molecule has 1 heterocycles. The van der Waals surface area contributed by atoms with Gasteiger partial charge in [0.1, 0.15) is 0 Å². The predicted molar refractivity (Wildman–Crippen MR) is 77.8 cm³/mol. The fraction of sp³-hybridized carbons (Fsp3) is 0.643. The molecule has 0 saturated heterocycles. The maximum Gasteiger partial charge on any atom is 0.0410 e. The molecule has 2 rings (SSSR count). The molecule has 1 fully saturated rings. The molecule has 0 spiro atoms. The van der Waals surface area contributed by atoms with Crippen LogP contribution in [0.4, 0.5) is 0 Å². The van der Waals surface area contributed by atoms with Crippen molar-refractivity contribution in [2.45, 2.75) is 40.2 Å². The SMILES string of the molecule is CC1(C)C(C(Cc2cncc(Br)c2)NN)C1(C)C. The van der Waals surface area contributed by atoms with Crippen molar-refractivity contribution < 1.29 is 0 Å². The first-order chi connectivity index (χ1) is 8.30. The predicted octanol–water partition coefficient (Wildman–Crippen LogP) is 2.90. The molecule has 0 bridgehead atoms. The van der Waals surface area contributed by atoms with Crippen molar-refractivity contribution in [3.8, 4) is 0 Å². The van der Waals surface area contributed by atoms with Crippen LogP contribution >= 0.6 is 15.9 Å². The number of hydrogen-bond acceptors (Lipinski definition) is 3. The lowest BCUT2D eigenvalue weighted by Crippen LogP contribution is -2.40. The van der Waals surface area contributed by atoms with Crippen molar-refractivity contribution in [3.63, 3.8) is 0 Å². The standard InChI is InChI=1S/C14H22BrN3/c1-13(2)12(14(13,3)4)11(18-16)6-9-5-10(15)8-17-7-9/h5,7-8,11-12,18H,6,16H2,1-4H3. The molecule has 0 radical (unpaired) electrons. The first kappa shape index (κ1) is 14.0. The van der Waals surface area contributed by atoms with Gasteiger partial charge in [-0.15, -0.1) is 0 Å². The number of nitrogens with one attached hydrogen (secondary N) is 1. The maximum atomic E-state index is 5.76. The van der Waals surface area contributed by atoms with Crippen LogP contribution in [0.15, 0.2) is 22.9 Å². The second kappa shape index (κ2) is 4.58. The van der Waals surface area contributed by atoms with E-state index in [1.807, 2.05) is 6.20 Å². The number of hydrazine groups is 1. The van der Waals surface area contributed by atoms with E-state index in [9.17, 15) is 0 Å². The Morgan fingerprint density at radius 2 is 1.94 bits per heavy atom. The topological polar surface area (TPSA) is 50.9 Å². The molecule has 1 aliphatic rings. The van der Waals surface area contributed by atoms with E-state index < -0.39 is 0 Å². The van der Waals surface area contributed by atoms with Gasteiger partial charge in [-0.1, -0.05) is 27.7 Å². The molecule has 1 aliphatic carbocycles. The number of hydrogen-bond donors (Lipinski definition) is 2. The first-order valence-corrected chi connectivity index (χ1v) is 7.15. The van der Waals surface area contributed by atoms with Crippen molar-refractivity contribution in [2.24, 2.45) is 22.6 Å². The van der Waals surface area contributed by atoms with Gasteiger partial charge in [0, 0.05) is 22.9 Å². The molecular formula is C14H22BrN3. The first-order valence-electron chi connectivity index (χ1n) is 6.36. The Hall–Kier alpha value is -0.450. The van der Waals surface area contributed by atoms with Crippen LogP contribution in [-0.2, 0) is 6.42 Å². The highest BCUT2D eigenvalue weighted by Gasteiger charge is 2.66. The molecule has 0 aromatic carbocycles. The average Bonchev–Trinajstić information content (AvgIpc) is 2.67. The summed E-state index contributed by atoms with van der Waals surface area (Å²) in [5.41, 5.74) is 4.89. The fourth-order valence-corrected chi connectivity index (χ4v) is 3.76. The van der Waals surface area contributed by atoms with E-state index in [1.54, 1.807) is 6.20 Å². The van der Waals surface area contributed by atoms with Crippen LogP contribution in [0, 0.1) is 16.7 Å². The largest absolute Gasteiger partial charge is 0.271 e. The van der Waals surface area contributed by atoms with E-state index in [0.29, 0.717) is 22.8 Å². The number of pyridine rings is 1. The Morgan fingerprint density at radius 1 is 1.33 bits per heavy atom. The van der Waals surface area contributed by atoms with Crippen LogP contribution in [0.25, 0.3) is 0 Å². The minimum Gasteiger partial charge on any atom is -0.271 e. The molecule has 1 aromatic heterocycles. The summed E-state index contributed by atoms with van der Waals surface area (Å²) in [6.45, 7) is 9.28. The van der Waals surface area contributed by atoms with Crippen molar-refractivity contribution >= 4 is 15.9 Å². The molecule has 1 unspecified atom stereocenters. The van der Waals surface area contributed by atoms with Crippen LogP contribution in [0.5, 0.6) is 0 Å². The number of halogens is 1. The second-order valence-electron chi connectivity index (χ2n) is 6.41. The summed E-state index contributed by atoms with van der Waals surface area (Å²) in [5, 5.41) is 0. The lowest BCUT2D eigenvalue weighted by Gasteiger charge is -2.18. The van der Waals surface area contributed by atoms with Crippen molar-refractivity contribution in [3.05, 3.63) is 28.5 Å². The van der Waals surface area contributed by atoms with E-state index in [2.05, 4.69) is 60.1 Å². The molecule has 1 aromatic rings. The van der Waals surface area contributed by atoms with Crippen LogP contribution in [0.3, 0.4) is 0 Å². The zero-order chi connectivity index (χ0) is 13.6. The van der Waals surface area contributed by atoms with Gasteiger partial charge < -0.3 is 0 Å². The third kappa shape index (κ3) is 2.22. The average molecular weight is 312 g/mol. The summed E-state index contributed by atoms with van der Waals surface area (Å²) in [6.07, 6.45) is 4.64. The van der Waals surface area contributed by atoms with Gasteiger partial charge in [0.2, 0.25) is 0 Å². The fourth-order valence-electron chi connectivity index (χ4n) is 3.35. The minimum absolute atomic E-state index is 0.297. The van der Waals surface area contributed by atoms with Crippen LogP contribution in [0.2, 0.25) is 0 Å². The molecule has 0 amide bonds. The van der Waals surface area contributed by atoms with Crippen LogP contribution in [-0.4, -0.2) is 11.0 Å².